The molecule has 3 aromatic carbocycles. The Bertz CT molecular complexity index is 891. The van der Waals surface area contributed by atoms with Crippen LogP contribution in [0, 0.1) is 6.92 Å². The van der Waals surface area contributed by atoms with Crippen molar-refractivity contribution in [2.45, 2.75) is 20.1 Å². The summed E-state index contributed by atoms with van der Waals surface area (Å²) in [6.45, 7) is 2.93. The first-order valence-corrected chi connectivity index (χ1v) is 8.80. The summed E-state index contributed by atoms with van der Waals surface area (Å²) in [5.74, 6) is 0.589. The van der Waals surface area contributed by atoms with Crippen molar-refractivity contribution in [2.24, 2.45) is 0 Å². The summed E-state index contributed by atoms with van der Waals surface area (Å²) in [5, 5.41) is 3.62. The standard InChI is InChI=1S/C22H20ClNO2/c1-16-6-2-3-7-18(16)14-24-22(25)17-10-12-20(13-11-17)26-15-19-8-4-5-9-21(19)23/h2-13H,14-15H2,1H3,(H,24,25). The van der Waals surface area contributed by atoms with E-state index in [1.165, 1.54) is 0 Å². The van der Waals surface area contributed by atoms with Gasteiger partial charge in [-0.05, 0) is 48.4 Å². The number of benzene rings is 3. The highest BCUT2D eigenvalue weighted by atomic mass is 35.5. The Balaban J connectivity index is 1.56. The molecule has 0 fully saturated rings. The smallest absolute Gasteiger partial charge is 0.251 e. The SMILES string of the molecule is Cc1ccccc1CNC(=O)c1ccc(OCc2ccccc2Cl)cc1. The molecule has 0 spiro atoms. The lowest BCUT2D eigenvalue weighted by molar-refractivity contribution is 0.0951. The van der Waals surface area contributed by atoms with E-state index in [-0.39, 0.29) is 5.91 Å². The normalized spacial score (nSPS) is 10.4. The van der Waals surface area contributed by atoms with E-state index in [0.29, 0.717) is 29.5 Å². The third-order valence-electron chi connectivity index (χ3n) is 4.17. The van der Waals surface area contributed by atoms with Crippen LogP contribution in [-0.4, -0.2) is 5.91 Å². The van der Waals surface area contributed by atoms with Crippen molar-refractivity contribution in [3.8, 4) is 5.75 Å². The molecule has 1 amide bonds. The van der Waals surface area contributed by atoms with E-state index < -0.39 is 0 Å². The fourth-order valence-corrected chi connectivity index (χ4v) is 2.76. The van der Waals surface area contributed by atoms with E-state index in [0.717, 1.165) is 16.7 Å². The first-order chi connectivity index (χ1) is 12.6. The summed E-state index contributed by atoms with van der Waals surface area (Å²) in [5.41, 5.74) is 3.80. The molecule has 3 rings (SSSR count). The number of hydrogen-bond donors (Lipinski definition) is 1. The van der Waals surface area contributed by atoms with Gasteiger partial charge in [0.15, 0.2) is 0 Å². The van der Waals surface area contributed by atoms with Gasteiger partial charge in [0.2, 0.25) is 0 Å². The predicted molar refractivity (Wildman–Crippen MR) is 105 cm³/mol. The largest absolute Gasteiger partial charge is 0.489 e. The number of rotatable bonds is 6. The predicted octanol–water partition coefficient (Wildman–Crippen LogP) is 5.16. The zero-order valence-electron chi connectivity index (χ0n) is 14.5. The van der Waals surface area contributed by atoms with Crippen molar-refractivity contribution in [1.82, 2.24) is 5.32 Å². The van der Waals surface area contributed by atoms with Crippen LogP contribution in [0.4, 0.5) is 0 Å². The maximum Gasteiger partial charge on any atom is 0.251 e. The van der Waals surface area contributed by atoms with Crippen molar-refractivity contribution in [2.75, 3.05) is 0 Å². The Kier molecular flexibility index (Phi) is 5.92. The summed E-state index contributed by atoms with van der Waals surface area (Å²) in [7, 11) is 0. The molecular formula is C22H20ClNO2. The molecule has 0 aliphatic heterocycles. The second kappa shape index (κ2) is 8.54. The number of hydrogen-bond acceptors (Lipinski definition) is 2. The number of carbonyl (C=O) groups is 1. The Morgan fingerprint density at radius 2 is 1.58 bits per heavy atom. The number of halogens is 1. The molecule has 0 heterocycles. The molecule has 1 N–H and O–H groups in total. The molecule has 0 bridgehead atoms. The molecule has 132 valence electrons. The second-order valence-corrected chi connectivity index (χ2v) is 6.42. The molecular weight excluding hydrogens is 346 g/mol. The van der Waals surface area contributed by atoms with Gasteiger partial charge in [-0.25, -0.2) is 0 Å². The van der Waals surface area contributed by atoms with Crippen molar-refractivity contribution in [3.05, 3.63) is 100 Å². The topological polar surface area (TPSA) is 38.3 Å². The van der Waals surface area contributed by atoms with Gasteiger partial charge in [0, 0.05) is 22.7 Å². The quantitative estimate of drug-likeness (QED) is 0.655. The van der Waals surface area contributed by atoms with Crippen LogP contribution in [0.3, 0.4) is 0 Å². The van der Waals surface area contributed by atoms with Crippen molar-refractivity contribution < 1.29 is 9.53 Å². The van der Waals surface area contributed by atoms with Gasteiger partial charge in [0.05, 0.1) is 0 Å². The minimum Gasteiger partial charge on any atom is -0.489 e. The molecule has 0 aliphatic rings. The summed E-state index contributed by atoms with van der Waals surface area (Å²) < 4.78 is 5.74. The number of nitrogens with one attached hydrogen (secondary N) is 1. The second-order valence-electron chi connectivity index (χ2n) is 6.01. The van der Waals surface area contributed by atoms with Crippen LogP contribution in [0.5, 0.6) is 5.75 Å². The Morgan fingerprint density at radius 3 is 2.27 bits per heavy atom. The van der Waals surface area contributed by atoms with Gasteiger partial charge in [-0.1, -0.05) is 54.1 Å². The highest BCUT2D eigenvalue weighted by Crippen LogP contribution is 2.19. The van der Waals surface area contributed by atoms with Gasteiger partial charge in [-0.2, -0.15) is 0 Å². The summed E-state index contributed by atoms with van der Waals surface area (Å²) >= 11 is 6.12. The molecule has 0 unspecified atom stereocenters. The van der Waals surface area contributed by atoms with Crippen molar-refractivity contribution >= 4 is 17.5 Å². The van der Waals surface area contributed by atoms with E-state index in [9.17, 15) is 4.79 Å². The highest BCUT2D eigenvalue weighted by Gasteiger charge is 2.07. The van der Waals surface area contributed by atoms with Gasteiger partial charge in [0.25, 0.3) is 5.91 Å². The molecule has 0 atom stereocenters. The lowest BCUT2D eigenvalue weighted by Crippen LogP contribution is -2.23. The van der Waals surface area contributed by atoms with E-state index >= 15 is 0 Å². The molecule has 0 aliphatic carbocycles. The van der Waals surface area contributed by atoms with Gasteiger partial charge in [-0.15, -0.1) is 0 Å². The number of ether oxygens (including phenoxy) is 1. The van der Waals surface area contributed by atoms with Crippen molar-refractivity contribution in [3.63, 3.8) is 0 Å². The van der Waals surface area contributed by atoms with Gasteiger partial charge >= 0.3 is 0 Å². The minimum atomic E-state index is -0.106. The minimum absolute atomic E-state index is 0.106. The third-order valence-corrected chi connectivity index (χ3v) is 4.54. The van der Waals surface area contributed by atoms with Crippen LogP contribution in [-0.2, 0) is 13.2 Å². The van der Waals surface area contributed by atoms with Crippen LogP contribution in [0.2, 0.25) is 5.02 Å². The van der Waals surface area contributed by atoms with Gasteiger partial charge in [-0.3, -0.25) is 4.79 Å². The van der Waals surface area contributed by atoms with Gasteiger partial charge < -0.3 is 10.1 Å². The first-order valence-electron chi connectivity index (χ1n) is 8.42. The summed E-state index contributed by atoms with van der Waals surface area (Å²) in [6.07, 6.45) is 0. The zero-order chi connectivity index (χ0) is 18.4. The van der Waals surface area contributed by atoms with Crippen LogP contribution in [0.15, 0.2) is 72.8 Å². The maximum atomic E-state index is 12.3. The van der Waals surface area contributed by atoms with Gasteiger partial charge in [0.1, 0.15) is 12.4 Å². The van der Waals surface area contributed by atoms with E-state index in [1.54, 1.807) is 24.3 Å². The molecule has 4 heteroatoms. The third kappa shape index (κ3) is 4.64. The first kappa shape index (κ1) is 18.0. The number of aryl methyl sites for hydroxylation is 1. The summed E-state index contributed by atoms with van der Waals surface area (Å²) in [4.78, 5) is 12.3. The Morgan fingerprint density at radius 1 is 0.923 bits per heavy atom. The Hall–Kier alpha value is -2.78. The summed E-state index contributed by atoms with van der Waals surface area (Å²) in [6, 6.07) is 22.7. The number of carbonyl (C=O) groups excluding carboxylic acids is 1. The highest BCUT2D eigenvalue weighted by molar-refractivity contribution is 6.31. The van der Waals surface area contributed by atoms with Crippen LogP contribution >= 0.6 is 11.6 Å². The average Bonchev–Trinajstić information content (AvgIpc) is 2.67. The fourth-order valence-electron chi connectivity index (χ4n) is 2.57. The van der Waals surface area contributed by atoms with Crippen molar-refractivity contribution in [1.29, 1.82) is 0 Å². The van der Waals surface area contributed by atoms with Crippen LogP contribution in [0.1, 0.15) is 27.0 Å². The Labute approximate surface area is 158 Å². The molecule has 26 heavy (non-hydrogen) atoms. The molecule has 0 radical (unpaired) electrons. The zero-order valence-corrected chi connectivity index (χ0v) is 15.3. The van der Waals surface area contributed by atoms with E-state index in [4.69, 9.17) is 16.3 Å². The van der Waals surface area contributed by atoms with Crippen LogP contribution < -0.4 is 10.1 Å². The monoisotopic (exact) mass is 365 g/mol. The molecule has 0 aromatic heterocycles. The molecule has 3 aromatic rings. The van der Waals surface area contributed by atoms with E-state index in [2.05, 4.69) is 5.32 Å². The lowest BCUT2D eigenvalue weighted by Gasteiger charge is -2.10. The lowest BCUT2D eigenvalue weighted by atomic mass is 10.1. The molecule has 3 nitrogen and oxygen atoms in total. The fraction of sp³-hybridized carbons (Fsp3) is 0.136. The number of amides is 1. The molecule has 0 saturated carbocycles. The van der Waals surface area contributed by atoms with E-state index in [1.807, 2.05) is 55.5 Å². The average molecular weight is 366 g/mol. The molecule has 0 saturated heterocycles. The van der Waals surface area contributed by atoms with Crippen LogP contribution in [0.25, 0.3) is 0 Å². The maximum absolute atomic E-state index is 12.3.